The van der Waals surface area contributed by atoms with Crippen molar-refractivity contribution in [2.45, 2.75) is 6.92 Å². The third kappa shape index (κ3) is 2.02. The van der Waals surface area contributed by atoms with Crippen LogP contribution in [0.2, 0.25) is 0 Å². The molecule has 1 amide bonds. The lowest BCUT2D eigenvalue weighted by atomic mass is 10.4. The van der Waals surface area contributed by atoms with E-state index in [1.54, 1.807) is 22.7 Å². The Balaban J connectivity index is 2.22. The molecule has 2 heterocycles. The van der Waals surface area contributed by atoms with Crippen LogP contribution in [0.4, 0.5) is 5.00 Å². The van der Waals surface area contributed by atoms with Crippen LogP contribution in [0.15, 0.2) is 29.6 Å². The van der Waals surface area contributed by atoms with Crippen LogP contribution in [0.25, 0.3) is 9.75 Å². The van der Waals surface area contributed by atoms with Crippen molar-refractivity contribution in [2.75, 3.05) is 5.32 Å². The van der Waals surface area contributed by atoms with Gasteiger partial charge in [-0.15, -0.1) is 22.7 Å². The van der Waals surface area contributed by atoms with Crippen LogP contribution < -0.4 is 5.32 Å². The largest absolute Gasteiger partial charge is 0.318 e. The van der Waals surface area contributed by atoms with Gasteiger partial charge in [0.1, 0.15) is 0 Å². The highest BCUT2D eigenvalue weighted by molar-refractivity contribution is 7.23. The maximum atomic E-state index is 10.8. The SMILES string of the molecule is CC(=O)Nc1ccc(-c2cccs2)s1. The summed E-state index contributed by atoms with van der Waals surface area (Å²) in [5.74, 6) is -0.0235. The van der Waals surface area contributed by atoms with Gasteiger partial charge in [-0.3, -0.25) is 4.79 Å². The van der Waals surface area contributed by atoms with Gasteiger partial charge >= 0.3 is 0 Å². The minimum Gasteiger partial charge on any atom is -0.318 e. The second-order valence-corrected chi connectivity index (χ2v) is 4.85. The van der Waals surface area contributed by atoms with Crippen molar-refractivity contribution < 1.29 is 4.79 Å². The van der Waals surface area contributed by atoms with Crippen molar-refractivity contribution in [1.82, 2.24) is 0 Å². The molecule has 2 aromatic heterocycles. The van der Waals surface area contributed by atoms with E-state index in [0.29, 0.717) is 0 Å². The van der Waals surface area contributed by atoms with Gasteiger partial charge in [0.25, 0.3) is 0 Å². The van der Waals surface area contributed by atoms with Gasteiger partial charge in [0.2, 0.25) is 5.91 Å². The van der Waals surface area contributed by atoms with Crippen molar-refractivity contribution in [3.8, 4) is 9.75 Å². The number of rotatable bonds is 2. The highest BCUT2D eigenvalue weighted by Crippen LogP contribution is 2.33. The summed E-state index contributed by atoms with van der Waals surface area (Å²) in [4.78, 5) is 13.2. The number of amides is 1. The highest BCUT2D eigenvalue weighted by Gasteiger charge is 2.03. The number of thiophene rings is 2. The molecule has 0 saturated heterocycles. The first-order valence-electron chi connectivity index (χ1n) is 4.17. The van der Waals surface area contributed by atoms with Gasteiger partial charge in [0, 0.05) is 16.7 Å². The average Bonchev–Trinajstić information content (AvgIpc) is 2.69. The Morgan fingerprint density at radius 1 is 1.29 bits per heavy atom. The van der Waals surface area contributed by atoms with Crippen LogP contribution in [0.5, 0.6) is 0 Å². The molecule has 14 heavy (non-hydrogen) atoms. The molecule has 0 spiro atoms. The first kappa shape index (κ1) is 9.43. The molecule has 4 heteroatoms. The molecular weight excluding hydrogens is 214 g/mol. The Morgan fingerprint density at radius 3 is 2.79 bits per heavy atom. The van der Waals surface area contributed by atoms with Crippen LogP contribution in [0.3, 0.4) is 0 Å². The van der Waals surface area contributed by atoms with Crippen molar-refractivity contribution >= 4 is 33.6 Å². The minimum atomic E-state index is -0.0235. The summed E-state index contributed by atoms with van der Waals surface area (Å²) in [7, 11) is 0. The van der Waals surface area contributed by atoms with Crippen LogP contribution in [0.1, 0.15) is 6.92 Å². The van der Waals surface area contributed by atoms with E-state index >= 15 is 0 Å². The van der Waals surface area contributed by atoms with Crippen molar-refractivity contribution in [3.63, 3.8) is 0 Å². The fraction of sp³-hybridized carbons (Fsp3) is 0.100. The second-order valence-electron chi connectivity index (χ2n) is 2.82. The van der Waals surface area contributed by atoms with Crippen molar-refractivity contribution in [1.29, 1.82) is 0 Å². The van der Waals surface area contributed by atoms with E-state index in [1.165, 1.54) is 16.7 Å². The summed E-state index contributed by atoms with van der Waals surface area (Å²) in [6, 6.07) is 8.06. The molecule has 2 nitrogen and oxygen atoms in total. The highest BCUT2D eigenvalue weighted by atomic mass is 32.1. The summed E-state index contributed by atoms with van der Waals surface area (Å²) in [6.45, 7) is 1.52. The lowest BCUT2D eigenvalue weighted by Crippen LogP contribution is -2.03. The maximum Gasteiger partial charge on any atom is 0.221 e. The van der Waals surface area contributed by atoms with Crippen LogP contribution >= 0.6 is 22.7 Å². The number of hydrogen-bond acceptors (Lipinski definition) is 3. The van der Waals surface area contributed by atoms with E-state index in [4.69, 9.17) is 0 Å². The Bertz CT molecular complexity index is 431. The fourth-order valence-electron chi connectivity index (χ4n) is 1.13. The third-order valence-electron chi connectivity index (χ3n) is 1.67. The van der Waals surface area contributed by atoms with Gasteiger partial charge in [0.05, 0.1) is 5.00 Å². The Hall–Kier alpha value is -1.13. The summed E-state index contributed by atoms with van der Waals surface area (Å²) in [6.07, 6.45) is 0. The smallest absolute Gasteiger partial charge is 0.221 e. The van der Waals surface area contributed by atoms with Crippen LogP contribution in [-0.4, -0.2) is 5.91 Å². The molecule has 0 radical (unpaired) electrons. The molecule has 2 aromatic rings. The van der Waals surface area contributed by atoms with E-state index in [2.05, 4.69) is 11.4 Å². The normalized spacial score (nSPS) is 10.1. The average molecular weight is 223 g/mol. The lowest BCUT2D eigenvalue weighted by molar-refractivity contribution is -0.114. The number of hydrogen-bond donors (Lipinski definition) is 1. The fourth-order valence-corrected chi connectivity index (χ4v) is 2.92. The molecule has 0 atom stereocenters. The van der Waals surface area contributed by atoms with Gasteiger partial charge in [0.15, 0.2) is 0 Å². The molecule has 1 N–H and O–H groups in total. The van der Waals surface area contributed by atoms with E-state index in [-0.39, 0.29) is 5.91 Å². The van der Waals surface area contributed by atoms with E-state index in [0.717, 1.165) is 5.00 Å². The van der Waals surface area contributed by atoms with Crippen LogP contribution in [-0.2, 0) is 4.79 Å². The van der Waals surface area contributed by atoms with Crippen molar-refractivity contribution in [3.05, 3.63) is 29.6 Å². The van der Waals surface area contributed by atoms with Gasteiger partial charge in [-0.05, 0) is 23.6 Å². The summed E-state index contributed by atoms with van der Waals surface area (Å²) in [5, 5.41) is 5.72. The molecule has 0 bridgehead atoms. The minimum absolute atomic E-state index is 0.0235. The molecule has 72 valence electrons. The topological polar surface area (TPSA) is 29.1 Å². The predicted molar refractivity (Wildman–Crippen MR) is 61.9 cm³/mol. The molecule has 0 aromatic carbocycles. The van der Waals surface area contributed by atoms with Gasteiger partial charge in [-0.2, -0.15) is 0 Å². The zero-order chi connectivity index (χ0) is 9.97. The Morgan fingerprint density at radius 2 is 2.14 bits per heavy atom. The molecule has 0 aliphatic carbocycles. The number of nitrogens with one attached hydrogen (secondary N) is 1. The Kier molecular flexibility index (Phi) is 2.65. The number of carbonyl (C=O) groups is 1. The van der Waals surface area contributed by atoms with Gasteiger partial charge < -0.3 is 5.32 Å². The number of anilines is 1. The van der Waals surface area contributed by atoms with E-state index in [9.17, 15) is 4.79 Å². The van der Waals surface area contributed by atoms with E-state index in [1.807, 2.05) is 23.6 Å². The monoisotopic (exact) mass is 223 g/mol. The van der Waals surface area contributed by atoms with E-state index < -0.39 is 0 Å². The summed E-state index contributed by atoms with van der Waals surface area (Å²) < 4.78 is 0. The first-order chi connectivity index (χ1) is 6.75. The lowest BCUT2D eigenvalue weighted by Gasteiger charge is -1.94. The molecule has 0 unspecified atom stereocenters. The molecule has 0 fully saturated rings. The third-order valence-corrected chi connectivity index (χ3v) is 3.74. The quantitative estimate of drug-likeness (QED) is 0.830. The predicted octanol–water partition coefficient (Wildman–Crippen LogP) is 3.44. The molecule has 0 saturated carbocycles. The zero-order valence-corrected chi connectivity index (χ0v) is 9.24. The van der Waals surface area contributed by atoms with Crippen LogP contribution in [0, 0.1) is 0 Å². The molecular formula is C10H9NOS2. The number of carbonyl (C=O) groups excluding carboxylic acids is 1. The second kappa shape index (κ2) is 3.94. The zero-order valence-electron chi connectivity index (χ0n) is 7.61. The van der Waals surface area contributed by atoms with Gasteiger partial charge in [-0.1, -0.05) is 6.07 Å². The Labute approximate surface area is 90.2 Å². The molecule has 0 aliphatic heterocycles. The molecule has 2 rings (SSSR count). The summed E-state index contributed by atoms with van der Waals surface area (Å²) >= 11 is 3.30. The maximum absolute atomic E-state index is 10.8. The molecule has 0 aliphatic rings. The first-order valence-corrected chi connectivity index (χ1v) is 5.86. The summed E-state index contributed by atoms with van der Waals surface area (Å²) in [5.41, 5.74) is 0. The van der Waals surface area contributed by atoms with Gasteiger partial charge in [-0.25, -0.2) is 0 Å². The van der Waals surface area contributed by atoms with Crippen molar-refractivity contribution in [2.24, 2.45) is 0 Å². The standard InChI is InChI=1S/C10H9NOS2/c1-7(12)11-10-5-4-9(14-10)8-3-2-6-13-8/h2-6H,1H3,(H,11,12).